The molecule has 0 bridgehead atoms. The maximum absolute atomic E-state index is 13.4. The van der Waals surface area contributed by atoms with Gasteiger partial charge in [-0.05, 0) is 24.3 Å². The molecule has 0 atom stereocenters. The summed E-state index contributed by atoms with van der Waals surface area (Å²) in [6.07, 6.45) is 1.19. The highest BCUT2D eigenvalue weighted by Gasteiger charge is 2.10. The third-order valence-corrected chi connectivity index (χ3v) is 2.63. The number of hydrogen-bond donors (Lipinski definition) is 3. The summed E-state index contributed by atoms with van der Waals surface area (Å²) in [5, 5.41) is 11.6. The molecule has 4 N–H and O–H groups in total. The molecule has 0 amide bonds. The van der Waals surface area contributed by atoms with Crippen molar-refractivity contribution in [3.8, 4) is 0 Å². The summed E-state index contributed by atoms with van der Waals surface area (Å²) in [6, 6.07) is 4.32. The van der Waals surface area contributed by atoms with Gasteiger partial charge < -0.3 is 16.2 Å². The van der Waals surface area contributed by atoms with E-state index in [-0.39, 0.29) is 29.2 Å². The first kappa shape index (κ1) is 13.7. The third-order valence-electron chi connectivity index (χ3n) is 2.63. The zero-order valence-corrected chi connectivity index (χ0v) is 10.2. The molecule has 0 radical (unpaired) electrons. The molecule has 1 heterocycles. The molecule has 0 saturated heterocycles. The Kier molecular flexibility index (Phi) is 3.79. The molecule has 0 saturated carbocycles. The Morgan fingerprint density at radius 3 is 2.80 bits per heavy atom. The first-order chi connectivity index (χ1) is 9.47. The van der Waals surface area contributed by atoms with Gasteiger partial charge >= 0.3 is 5.97 Å². The van der Waals surface area contributed by atoms with Crippen LogP contribution >= 0.6 is 0 Å². The van der Waals surface area contributed by atoms with E-state index in [0.29, 0.717) is 0 Å². The summed E-state index contributed by atoms with van der Waals surface area (Å²) in [5.41, 5.74) is 5.49. The van der Waals surface area contributed by atoms with Crippen LogP contribution in [0, 0.1) is 11.6 Å². The second-order valence-corrected chi connectivity index (χ2v) is 4.05. The van der Waals surface area contributed by atoms with E-state index in [2.05, 4.69) is 10.3 Å². The number of hydrogen-bond acceptors (Lipinski definition) is 4. The number of aromatic carboxylic acids is 1. The van der Waals surface area contributed by atoms with Gasteiger partial charge in [-0.1, -0.05) is 0 Å². The van der Waals surface area contributed by atoms with Crippen molar-refractivity contribution in [1.29, 1.82) is 0 Å². The molecular weight excluding hydrogens is 268 g/mol. The summed E-state index contributed by atoms with van der Waals surface area (Å²) in [7, 11) is 0. The van der Waals surface area contributed by atoms with Gasteiger partial charge in [-0.25, -0.2) is 18.6 Å². The number of rotatable bonds is 4. The summed E-state index contributed by atoms with van der Waals surface area (Å²) in [6.45, 7) is -0.0282. The normalized spacial score (nSPS) is 10.3. The fourth-order valence-corrected chi connectivity index (χ4v) is 1.61. The van der Waals surface area contributed by atoms with Crippen LogP contribution in [0.25, 0.3) is 0 Å². The number of pyridine rings is 1. The monoisotopic (exact) mass is 279 g/mol. The Morgan fingerprint density at radius 2 is 2.10 bits per heavy atom. The van der Waals surface area contributed by atoms with Gasteiger partial charge in [0.05, 0.1) is 17.4 Å². The largest absolute Gasteiger partial charge is 0.478 e. The van der Waals surface area contributed by atoms with Crippen LogP contribution in [0.1, 0.15) is 15.9 Å². The average molecular weight is 279 g/mol. The minimum Gasteiger partial charge on any atom is -0.478 e. The Balaban J connectivity index is 2.17. The van der Waals surface area contributed by atoms with Gasteiger partial charge in [0.1, 0.15) is 17.5 Å². The van der Waals surface area contributed by atoms with Gasteiger partial charge in [-0.2, -0.15) is 0 Å². The van der Waals surface area contributed by atoms with Gasteiger partial charge in [-0.3, -0.25) is 0 Å². The number of carbonyl (C=O) groups is 1. The van der Waals surface area contributed by atoms with Gasteiger partial charge in [0.15, 0.2) is 0 Å². The fourth-order valence-electron chi connectivity index (χ4n) is 1.61. The SMILES string of the molecule is Nc1cnc(NCc2cc(F)ccc2F)cc1C(=O)O. The molecule has 2 rings (SSSR count). The minimum atomic E-state index is -1.19. The Labute approximate surface area is 113 Å². The summed E-state index contributed by atoms with van der Waals surface area (Å²) in [4.78, 5) is 14.8. The third kappa shape index (κ3) is 3.00. The molecule has 0 aliphatic rings. The molecule has 0 fully saturated rings. The van der Waals surface area contributed by atoms with Crippen molar-refractivity contribution in [2.24, 2.45) is 0 Å². The van der Waals surface area contributed by atoms with Crippen molar-refractivity contribution in [2.75, 3.05) is 11.1 Å². The van der Waals surface area contributed by atoms with Gasteiger partial charge in [0, 0.05) is 12.1 Å². The number of nitrogens with zero attached hydrogens (tertiary/aromatic N) is 1. The number of halogens is 2. The maximum atomic E-state index is 13.4. The Bertz CT molecular complexity index is 662. The van der Waals surface area contributed by atoms with Crippen LogP contribution in [0.4, 0.5) is 20.3 Å². The number of nitrogens with two attached hydrogens (primary N) is 1. The van der Waals surface area contributed by atoms with Crippen molar-refractivity contribution in [3.05, 3.63) is 53.2 Å². The highest BCUT2D eigenvalue weighted by atomic mass is 19.1. The Morgan fingerprint density at radius 1 is 1.35 bits per heavy atom. The highest BCUT2D eigenvalue weighted by Crippen LogP contribution is 2.16. The highest BCUT2D eigenvalue weighted by molar-refractivity contribution is 5.94. The lowest BCUT2D eigenvalue weighted by molar-refractivity contribution is 0.0698. The molecule has 20 heavy (non-hydrogen) atoms. The van der Waals surface area contributed by atoms with Crippen molar-refractivity contribution >= 4 is 17.5 Å². The minimum absolute atomic E-state index is 0.0278. The number of aromatic nitrogens is 1. The topological polar surface area (TPSA) is 88.2 Å². The second kappa shape index (κ2) is 5.52. The Hall–Kier alpha value is -2.70. The fraction of sp³-hybridized carbons (Fsp3) is 0.0769. The van der Waals surface area contributed by atoms with Crippen LogP contribution in [-0.4, -0.2) is 16.1 Å². The van der Waals surface area contributed by atoms with Crippen molar-refractivity contribution in [3.63, 3.8) is 0 Å². The predicted octanol–water partition coefficient (Wildman–Crippen LogP) is 2.25. The van der Waals surface area contributed by atoms with E-state index in [1.165, 1.54) is 12.3 Å². The number of anilines is 2. The van der Waals surface area contributed by atoms with Crippen LogP contribution in [0.15, 0.2) is 30.5 Å². The summed E-state index contributed by atoms with van der Waals surface area (Å²) in [5.74, 6) is -2.10. The first-order valence-electron chi connectivity index (χ1n) is 5.64. The molecule has 0 aliphatic heterocycles. The second-order valence-electron chi connectivity index (χ2n) is 4.05. The predicted molar refractivity (Wildman–Crippen MR) is 69.3 cm³/mol. The molecule has 104 valence electrons. The zero-order valence-electron chi connectivity index (χ0n) is 10.2. The molecule has 0 aliphatic carbocycles. The standard InChI is InChI=1S/C13H11F2N3O2/c14-8-1-2-10(15)7(3-8)5-17-12-4-9(13(19)20)11(16)6-18-12/h1-4,6H,5,16H2,(H,17,18)(H,19,20). The lowest BCUT2D eigenvalue weighted by atomic mass is 10.2. The van der Waals surface area contributed by atoms with E-state index in [0.717, 1.165) is 18.2 Å². The van der Waals surface area contributed by atoms with Crippen LogP contribution in [0.5, 0.6) is 0 Å². The van der Waals surface area contributed by atoms with Crippen LogP contribution in [0.3, 0.4) is 0 Å². The van der Waals surface area contributed by atoms with E-state index in [1.807, 2.05) is 0 Å². The molecule has 2 aromatic rings. The smallest absolute Gasteiger partial charge is 0.337 e. The molecule has 7 heteroatoms. The van der Waals surface area contributed by atoms with Crippen LogP contribution in [-0.2, 0) is 6.54 Å². The lowest BCUT2D eigenvalue weighted by Crippen LogP contribution is -2.08. The van der Waals surface area contributed by atoms with E-state index in [1.54, 1.807) is 0 Å². The van der Waals surface area contributed by atoms with E-state index >= 15 is 0 Å². The number of carboxylic acids is 1. The van der Waals surface area contributed by atoms with Crippen molar-refractivity contribution in [2.45, 2.75) is 6.54 Å². The van der Waals surface area contributed by atoms with Crippen molar-refractivity contribution in [1.82, 2.24) is 4.98 Å². The number of carboxylic acid groups (broad SMARTS) is 1. The molecular formula is C13H11F2N3O2. The summed E-state index contributed by atoms with van der Waals surface area (Å²) < 4.78 is 26.4. The van der Waals surface area contributed by atoms with Crippen molar-refractivity contribution < 1.29 is 18.7 Å². The molecule has 0 unspecified atom stereocenters. The molecule has 5 nitrogen and oxygen atoms in total. The number of nitrogen functional groups attached to an aromatic ring is 1. The maximum Gasteiger partial charge on any atom is 0.337 e. The van der Waals surface area contributed by atoms with E-state index in [4.69, 9.17) is 10.8 Å². The molecule has 0 spiro atoms. The average Bonchev–Trinajstić information content (AvgIpc) is 2.41. The van der Waals surface area contributed by atoms with E-state index < -0.39 is 17.6 Å². The summed E-state index contributed by atoms with van der Waals surface area (Å²) >= 11 is 0. The molecule has 1 aromatic heterocycles. The van der Waals surface area contributed by atoms with E-state index in [9.17, 15) is 13.6 Å². The van der Waals surface area contributed by atoms with Crippen LogP contribution < -0.4 is 11.1 Å². The van der Waals surface area contributed by atoms with Crippen LogP contribution in [0.2, 0.25) is 0 Å². The number of nitrogens with one attached hydrogen (secondary N) is 1. The molecule has 1 aromatic carbocycles. The quantitative estimate of drug-likeness (QED) is 0.799. The number of benzene rings is 1. The lowest BCUT2D eigenvalue weighted by Gasteiger charge is -2.08. The van der Waals surface area contributed by atoms with Gasteiger partial charge in [0.25, 0.3) is 0 Å². The van der Waals surface area contributed by atoms with Gasteiger partial charge in [-0.15, -0.1) is 0 Å². The zero-order chi connectivity index (χ0) is 14.7. The van der Waals surface area contributed by atoms with Gasteiger partial charge in [0.2, 0.25) is 0 Å². The first-order valence-corrected chi connectivity index (χ1v) is 5.64.